The van der Waals surface area contributed by atoms with E-state index in [-0.39, 0.29) is 6.67 Å². The standard InChI is InChI=1S/C11H20FN3/c1-14(9-5-3-4-7-12)10-11-6-8-13-15(11)2/h6,8H,3-5,7,9-10H2,1-2H3. The van der Waals surface area contributed by atoms with Crippen LogP contribution in [0.25, 0.3) is 0 Å². The summed E-state index contributed by atoms with van der Waals surface area (Å²) < 4.78 is 13.7. The number of halogens is 1. The Labute approximate surface area is 90.9 Å². The van der Waals surface area contributed by atoms with Crippen LogP contribution in [0.4, 0.5) is 4.39 Å². The van der Waals surface area contributed by atoms with Crippen LogP contribution in [0, 0.1) is 0 Å². The lowest BCUT2D eigenvalue weighted by Crippen LogP contribution is -2.20. The van der Waals surface area contributed by atoms with Crippen LogP contribution in [0.1, 0.15) is 25.0 Å². The maximum Gasteiger partial charge on any atom is 0.0894 e. The average Bonchev–Trinajstić information content (AvgIpc) is 2.59. The molecule has 0 atom stereocenters. The van der Waals surface area contributed by atoms with Crippen molar-refractivity contribution in [3.05, 3.63) is 18.0 Å². The van der Waals surface area contributed by atoms with Crippen LogP contribution in [0.15, 0.2) is 12.3 Å². The fourth-order valence-corrected chi connectivity index (χ4v) is 1.57. The van der Waals surface area contributed by atoms with Crippen molar-refractivity contribution in [3.63, 3.8) is 0 Å². The van der Waals surface area contributed by atoms with E-state index in [0.29, 0.717) is 6.42 Å². The van der Waals surface area contributed by atoms with Gasteiger partial charge in [-0.2, -0.15) is 5.10 Å². The molecule has 1 rings (SSSR count). The Hall–Kier alpha value is -0.900. The minimum absolute atomic E-state index is 0.189. The highest BCUT2D eigenvalue weighted by molar-refractivity contribution is 4.99. The predicted molar refractivity (Wildman–Crippen MR) is 59.4 cm³/mol. The molecule has 0 saturated heterocycles. The smallest absolute Gasteiger partial charge is 0.0894 e. The van der Waals surface area contributed by atoms with Crippen LogP contribution < -0.4 is 0 Å². The van der Waals surface area contributed by atoms with Crippen molar-refractivity contribution >= 4 is 0 Å². The zero-order chi connectivity index (χ0) is 11.1. The molecule has 0 aliphatic heterocycles. The second-order valence-electron chi connectivity index (χ2n) is 3.93. The first-order valence-corrected chi connectivity index (χ1v) is 5.45. The minimum Gasteiger partial charge on any atom is -0.301 e. The first-order valence-electron chi connectivity index (χ1n) is 5.45. The molecule has 0 saturated carbocycles. The summed E-state index contributed by atoms with van der Waals surface area (Å²) in [5.74, 6) is 0. The van der Waals surface area contributed by atoms with Gasteiger partial charge in [0.25, 0.3) is 0 Å². The fraction of sp³-hybridized carbons (Fsp3) is 0.727. The van der Waals surface area contributed by atoms with E-state index >= 15 is 0 Å². The highest BCUT2D eigenvalue weighted by atomic mass is 19.1. The lowest BCUT2D eigenvalue weighted by molar-refractivity contribution is 0.305. The van der Waals surface area contributed by atoms with Crippen molar-refractivity contribution in [1.82, 2.24) is 14.7 Å². The van der Waals surface area contributed by atoms with Gasteiger partial charge in [-0.1, -0.05) is 0 Å². The highest BCUT2D eigenvalue weighted by Gasteiger charge is 2.03. The second-order valence-corrected chi connectivity index (χ2v) is 3.93. The molecule has 3 nitrogen and oxygen atoms in total. The van der Waals surface area contributed by atoms with Crippen LogP contribution in [0.3, 0.4) is 0 Å². The second kappa shape index (κ2) is 6.56. The number of nitrogens with zero attached hydrogens (tertiary/aromatic N) is 3. The van der Waals surface area contributed by atoms with Gasteiger partial charge < -0.3 is 4.90 Å². The maximum absolute atomic E-state index is 11.9. The number of unbranched alkanes of at least 4 members (excludes halogenated alkanes) is 2. The number of aromatic nitrogens is 2. The van der Waals surface area contributed by atoms with Crippen molar-refractivity contribution in [2.45, 2.75) is 25.8 Å². The van der Waals surface area contributed by atoms with Crippen LogP contribution in [-0.2, 0) is 13.6 Å². The lowest BCUT2D eigenvalue weighted by Gasteiger charge is -2.16. The molecular formula is C11H20FN3. The molecular weight excluding hydrogens is 193 g/mol. The molecule has 0 aliphatic rings. The molecule has 0 aliphatic carbocycles. The Morgan fingerprint density at radius 1 is 1.40 bits per heavy atom. The highest BCUT2D eigenvalue weighted by Crippen LogP contribution is 2.03. The van der Waals surface area contributed by atoms with Gasteiger partial charge in [0.15, 0.2) is 0 Å². The van der Waals surface area contributed by atoms with E-state index in [9.17, 15) is 4.39 Å². The SMILES string of the molecule is CN(CCCCCF)Cc1ccnn1C. The third-order valence-electron chi connectivity index (χ3n) is 2.53. The van der Waals surface area contributed by atoms with Crippen molar-refractivity contribution in [3.8, 4) is 0 Å². The van der Waals surface area contributed by atoms with E-state index in [4.69, 9.17) is 0 Å². The Balaban J connectivity index is 2.18. The van der Waals surface area contributed by atoms with Crippen LogP contribution >= 0.6 is 0 Å². The van der Waals surface area contributed by atoms with E-state index in [1.54, 1.807) is 0 Å². The quantitative estimate of drug-likeness (QED) is 0.646. The summed E-state index contributed by atoms with van der Waals surface area (Å²) >= 11 is 0. The van der Waals surface area contributed by atoms with Crippen LogP contribution in [0.5, 0.6) is 0 Å². The largest absolute Gasteiger partial charge is 0.301 e. The molecule has 0 unspecified atom stereocenters. The summed E-state index contributed by atoms with van der Waals surface area (Å²) in [7, 11) is 4.04. The molecule has 0 radical (unpaired) electrons. The van der Waals surface area contributed by atoms with Gasteiger partial charge >= 0.3 is 0 Å². The van der Waals surface area contributed by atoms with E-state index < -0.39 is 0 Å². The number of hydrogen-bond donors (Lipinski definition) is 0. The number of hydrogen-bond acceptors (Lipinski definition) is 2. The molecule has 86 valence electrons. The van der Waals surface area contributed by atoms with E-state index in [2.05, 4.69) is 17.0 Å². The monoisotopic (exact) mass is 213 g/mol. The molecule has 1 heterocycles. The van der Waals surface area contributed by atoms with Crippen LogP contribution in [0.2, 0.25) is 0 Å². The Morgan fingerprint density at radius 3 is 2.80 bits per heavy atom. The van der Waals surface area contributed by atoms with Gasteiger partial charge in [0, 0.05) is 19.8 Å². The summed E-state index contributed by atoms with van der Waals surface area (Å²) in [6.07, 6.45) is 4.55. The van der Waals surface area contributed by atoms with Crippen molar-refractivity contribution < 1.29 is 4.39 Å². The van der Waals surface area contributed by atoms with E-state index in [0.717, 1.165) is 25.9 Å². The molecule has 0 spiro atoms. The Bertz CT molecular complexity index is 273. The lowest BCUT2D eigenvalue weighted by atomic mass is 10.2. The third-order valence-corrected chi connectivity index (χ3v) is 2.53. The molecule has 0 amide bonds. The van der Waals surface area contributed by atoms with E-state index in [1.165, 1.54) is 5.69 Å². The molecule has 0 aromatic carbocycles. The van der Waals surface area contributed by atoms with Gasteiger partial charge in [0.05, 0.1) is 12.4 Å². The normalized spacial score (nSPS) is 11.2. The Morgan fingerprint density at radius 2 is 2.20 bits per heavy atom. The molecule has 0 fully saturated rings. The third kappa shape index (κ3) is 4.42. The van der Waals surface area contributed by atoms with Gasteiger partial charge in [-0.05, 0) is 38.9 Å². The van der Waals surface area contributed by atoms with E-state index in [1.807, 2.05) is 24.0 Å². The predicted octanol–water partition coefficient (Wildman–Crippen LogP) is 1.99. The minimum atomic E-state index is -0.189. The zero-order valence-electron chi connectivity index (χ0n) is 9.62. The first-order chi connectivity index (χ1) is 7.24. The number of aryl methyl sites for hydroxylation is 1. The van der Waals surface area contributed by atoms with Crippen molar-refractivity contribution in [2.75, 3.05) is 20.3 Å². The molecule has 15 heavy (non-hydrogen) atoms. The van der Waals surface area contributed by atoms with Gasteiger partial charge in [-0.3, -0.25) is 9.07 Å². The van der Waals surface area contributed by atoms with Crippen LogP contribution in [-0.4, -0.2) is 34.9 Å². The summed E-state index contributed by atoms with van der Waals surface area (Å²) in [5, 5.41) is 4.12. The summed E-state index contributed by atoms with van der Waals surface area (Å²) in [6.45, 7) is 1.74. The number of alkyl halides is 1. The topological polar surface area (TPSA) is 21.1 Å². The Kier molecular flexibility index (Phi) is 5.32. The molecule has 1 aromatic rings. The summed E-state index contributed by atoms with van der Waals surface area (Å²) in [6, 6.07) is 2.03. The fourth-order valence-electron chi connectivity index (χ4n) is 1.57. The zero-order valence-corrected chi connectivity index (χ0v) is 9.62. The van der Waals surface area contributed by atoms with Crippen molar-refractivity contribution in [1.29, 1.82) is 0 Å². The average molecular weight is 213 g/mol. The molecule has 4 heteroatoms. The van der Waals surface area contributed by atoms with Gasteiger partial charge in [0.1, 0.15) is 0 Å². The molecule has 1 aromatic heterocycles. The number of rotatable bonds is 7. The van der Waals surface area contributed by atoms with Gasteiger partial charge in [-0.25, -0.2) is 0 Å². The maximum atomic E-state index is 11.9. The van der Waals surface area contributed by atoms with Crippen molar-refractivity contribution in [2.24, 2.45) is 7.05 Å². The first kappa shape index (κ1) is 12.2. The molecule has 0 N–H and O–H groups in total. The summed E-state index contributed by atoms with van der Waals surface area (Å²) in [4.78, 5) is 2.25. The van der Waals surface area contributed by atoms with Gasteiger partial charge in [-0.15, -0.1) is 0 Å². The molecule has 0 bridgehead atoms. The van der Waals surface area contributed by atoms with Gasteiger partial charge in [0.2, 0.25) is 0 Å². The summed E-state index contributed by atoms with van der Waals surface area (Å²) in [5.41, 5.74) is 1.21.